The monoisotopic (exact) mass is 285 g/mol. The molecule has 1 aliphatic heterocycles. The van der Waals surface area contributed by atoms with Crippen LogP contribution in [0.3, 0.4) is 0 Å². The second kappa shape index (κ2) is 5.43. The van der Waals surface area contributed by atoms with E-state index in [1.54, 1.807) is 24.3 Å². The molecule has 1 aromatic rings. The van der Waals surface area contributed by atoms with Crippen molar-refractivity contribution in [3.8, 4) is 0 Å². The van der Waals surface area contributed by atoms with E-state index in [9.17, 15) is 14.4 Å². The molecule has 1 saturated carbocycles. The lowest BCUT2D eigenvalue weighted by molar-refractivity contribution is -0.126. The fraction of sp³-hybridized carbons (Fsp3) is 0.471. The summed E-state index contributed by atoms with van der Waals surface area (Å²) in [5.41, 5.74) is 0.649. The van der Waals surface area contributed by atoms with Gasteiger partial charge in [0.1, 0.15) is 6.29 Å². The second-order valence-electron chi connectivity index (χ2n) is 6.12. The van der Waals surface area contributed by atoms with E-state index in [-0.39, 0.29) is 11.8 Å². The molecule has 1 aliphatic carbocycles. The number of nitrogens with zero attached hydrogens (tertiary/aromatic N) is 1. The quantitative estimate of drug-likeness (QED) is 0.619. The van der Waals surface area contributed by atoms with E-state index in [0.717, 1.165) is 44.8 Å². The van der Waals surface area contributed by atoms with Crippen LogP contribution in [-0.2, 0) is 9.59 Å². The van der Waals surface area contributed by atoms with Gasteiger partial charge in [0.2, 0.25) is 11.8 Å². The fourth-order valence-corrected chi connectivity index (χ4v) is 3.55. The molecule has 1 saturated heterocycles. The first kappa shape index (κ1) is 14.0. The van der Waals surface area contributed by atoms with Gasteiger partial charge in [-0.25, -0.2) is 0 Å². The number of rotatable bonds is 2. The molecule has 4 nitrogen and oxygen atoms in total. The molecule has 0 N–H and O–H groups in total. The third-order valence-corrected chi connectivity index (χ3v) is 4.74. The van der Waals surface area contributed by atoms with Crippen molar-refractivity contribution in [1.82, 2.24) is 0 Å². The molecule has 0 bridgehead atoms. The predicted molar refractivity (Wildman–Crippen MR) is 79.1 cm³/mol. The van der Waals surface area contributed by atoms with E-state index >= 15 is 0 Å². The van der Waals surface area contributed by atoms with Gasteiger partial charge >= 0.3 is 0 Å². The maximum absolute atomic E-state index is 12.8. The average Bonchev–Trinajstić information content (AvgIpc) is 2.67. The summed E-state index contributed by atoms with van der Waals surface area (Å²) >= 11 is 0. The largest absolute Gasteiger partial charge is 0.298 e. The van der Waals surface area contributed by atoms with Crippen LogP contribution in [0.1, 0.15) is 55.3 Å². The highest BCUT2D eigenvalue weighted by atomic mass is 16.2. The summed E-state index contributed by atoms with van der Waals surface area (Å²) in [6.07, 6.45) is 7.08. The van der Waals surface area contributed by atoms with Crippen molar-refractivity contribution >= 4 is 23.8 Å². The average molecular weight is 285 g/mol. The zero-order chi connectivity index (χ0) is 14.9. The molecule has 0 radical (unpaired) electrons. The topological polar surface area (TPSA) is 54.5 Å². The van der Waals surface area contributed by atoms with Gasteiger partial charge in [0.25, 0.3) is 0 Å². The van der Waals surface area contributed by atoms with E-state index in [0.29, 0.717) is 17.7 Å². The first-order chi connectivity index (χ1) is 10.2. The Morgan fingerprint density at radius 2 is 1.57 bits per heavy atom. The molecular weight excluding hydrogens is 266 g/mol. The van der Waals surface area contributed by atoms with E-state index in [2.05, 4.69) is 0 Å². The molecule has 110 valence electrons. The highest BCUT2D eigenvalue weighted by molar-refractivity contribution is 6.22. The molecule has 21 heavy (non-hydrogen) atoms. The van der Waals surface area contributed by atoms with Crippen LogP contribution >= 0.6 is 0 Å². The third-order valence-electron chi connectivity index (χ3n) is 4.74. The molecule has 2 amide bonds. The minimum atomic E-state index is -0.475. The predicted octanol–water partition coefficient (Wildman–Crippen LogP) is 3.10. The highest BCUT2D eigenvalue weighted by Crippen LogP contribution is 2.45. The molecule has 0 atom stereocenters. The number of hydrogen-bond acceptors (Lipinski definition) is 3. The number of hydrogen-bond donors (Lipinski definition) is 0. The normalized spacial score (nSPS) is 21.6. The van der Waals surface area contributed by atoms with E-state index in [1.807, 2.05) is 0 Å². The van der Waals surface area contributed by atoms with Gasteiger partial charge in [0, 0.05) is 12.0 Å². The van der Waals surface area contributed by atoms with Gasteiger partial charge in [-0.05, 0) is 37.1 Å². The number of carbonyl (C=O) groups excluding carboxylic acids is 3. The SMILES string of the molecule is O=Cc1ccc(N2C(=O)CC3(CCCCCC3)C2=O)cc1. The summed E-state index contributed by atoms with van der Waals surface area (Å²) in [4.78, 5) is 37.2. The molecule has 1 spiro atoms. The lowest BCUT2D eigenvalue weighted by Crippen LogP contribution is -2.35. The van der Waals surface area contributed by atoms with Crippen molar-refractivity contribution in [3.05, 3.63) is 29.8 Å². The van der Waals surface area contributed by atoms with Crippen LogP contribution < -0.4 is 4.90 Å². The summed E-state index contributed by atoms with van der Waals surface area (Å²) < 4.78 is 0. The highest BCUT2D eigenvalue weighted by Gasteiger charge is 2.51. The zero-order valence-corrected chi connectivity index (χ0v) is 12.0. The molecule has 1 heterocycles. The van der Waals surface area contributed by atoms with Gasteiger partial charge in [-0.1, -0.05) is 25.7 Å². The molecule has 1 aromatic carbocycles. The maximum atomic E-state index is 12.8. The smallest absolute Gasteiger partial charge is 0.240 e. The van der Waals surface area contributed by atoms with Crippen LogP contribution in [0.4, 0.5) is 5.69 Å². The van der Waals surface area contributed by atoms with Crippen LogP contribution in [0, 0.1) is 5.41 Å². The first-order valence-corrected chi connectivity index (χ1v) is 7.59. The van der Waals surface area contributed by atoms with Gasteiger partial charge in [0.15, 0.2) is 0 Å². The molecule has 2 aliphatic rings. The van der Waals surface area contributed by atoms with E-state index < -0.39 is 5.41 Å². The van der Waals surface area contributed by atoms with Gasteiger partial charge in [-0.15, -0.1) is 0 Å². The molecular formula is C17H19NO3. The Balaban J connectivity index is 1.90. The summed E-state index contributed by atoms with van der Waals surface area (Å²) in [5, 5.41) is 0. The summed E-state index contributed by atoms with van der Waals surface area (Å²) in [6.45, 7) is 0. The Morgan fingerprint density at radius 3 is 2.14 bits per heavy atom. The molecule has 4 heteroatoms. The Kier molecular flexibility index (Phi) is 3.62. The minimum Gasteiger partial charge on any atom is -0.298 e. The number of imide groups is 1. The van der Waals surface area contributed by atoms with Crippen LogP contribution in [0.25, 0.3) is 0 Å². The maximum Gasteiger partial charge on any atom is 0.240 e. The van der Waals surface area contributed by atoms with Crippen molar-refractivity contribution < 1.29 is 14.4 Å². The van der Waals surface area contributed by atoms with Crippen molar-refractivity contribution in [1.29, 1.82) is 0 Å². The van der Waals surface area contributed by atoms with Crippen LogP contribution in [-0.4, -0.2) is 18.1 Å². The van der Waals surface area contributed by atoms with Crippen LogP contribution in [0.2, 0.25) is 0 Å². The number of carbonyl (C=O) groups is 3. The third kappa shape index (κ3) is 2.39. The van der Waals surface area contributed by atoms with Crippen molar-refractivity contribution in [2.75, 3.05) is 4.90 Å². The Bertz CT molecular complexity index is 568. The number of benzene rings is 1. The Labute approximate surface area is 124 Å². The first-order valence-electron chi connectivity index (χ1n) is 7.59. The van der Waals surface area contributed by atoms with Gasteiger partial charge < -0.3 is 0 Å². The zero-order valence-electron chi connectivity index (χ0n) is 12.0. The Hall–Kier alpha value is -1.97. The lowest BCUT2D eigenvalue weighted by Gasteiger charge is -2.25. The molecule has 3 rings (SSSR count). The van der Waals surface area contributed by atoms with E-state index in [4.69, 9.17) is 0 Å². The van der Waals surface area contributed by atoms with E-state index in [1.165, 1.54) is 4.90 Å². The summed E-state index contributed by atoms with van der Waals surface area (Å²) in [7, 11) is 0. The van der Waals surface area contributed by atoms with Crippen molar-refractivity contribution in [3.63, 3.8) is 0 Å². The lowest BCUT2D eigenvalue weighted by atomic mass is 9.79. The molecule has 2 fully saturated rings. The summed E-state index contributed by atoms with van der Waals surface area (Å²) in [6, 6.07) is 6.63. The Morgan fingerprint density at radius 1 is 0.952 bits per heavy atom. The standard InChI is InChI=1S/C17H19NO3/c19-12-13-5-7-14(8-6-13)18-15(20)11-17(16(18)21)9-3-1-2-4-10-17/h5-8,12H,1-4,9-11H2. The second-order valence-corrected chi connectivity index (χ2v) is 6.12. The van der Waals surface area contributed by atoms with Crippen LogP contribution in [0.15, 0.2) is 24.3 Å². The van der Waals surface area contributed by atoms with Crippen molar-refractivity contribution in [2.24, 2.45) is 5.41 Å². The fourth-order valence-electron chi connectivity index (χ4n) is 3.55. The van der Waals surface area contributed by atoms with Crippen LogP contribution in [0.5, 0.6) is 0 Å². The van der Waals surface area contributed by atoms with Gasteiger partial charge in [-0.2, -0.15) is 0 Å². The molecule has 0 aromatic heterocycles. The number of aldehydes is 1. The summed E-state index contributed by atoms with van der Waals surface area (Å²) in [5.74, 6) is -0.158. The minimum absolute atomic E-state index is 0.0479. The van der Waals surface area contributed by atoms with Crippen molar-refractivity contribution in [2.45, 2.75) is 44.9 Å². The number of amides is 2. The number of anilines is 1. The van der Waals surface area contributed by atoms with Gasteiger partial charge in [0.05, 0.1) is 11.1 Å². The van der Waals surface area contributed by atoms with Gasteiger partial charge in [-0.3, -0.25) is 19.3 Å². The molecule has 0 unspecified atom stereocenters.